The smallest absolute Gasteiger partial charge is 0.323 e. The second-order valence-electron chi connectivity index (χ2n) is 11.6. The van der Waals surface area contributed by atoms with E-state index in [9.17, 15) is 4.79 Å². The van der Waals surface area contributed by atoms with Crippen molar-refractivity contribution in [2.45, 2.75) is 74.0 Å². The molecule has 4 aliphatic carbocycles. The van der Waals surface area contributed by atoms with E-state index in [-0.39, 0.29) is 11.4 Å². The summed E-state index contributed by atoms with van der Waals surface area (Å²) in [7, 11) is -2.23. The average Bonchev–Trinajstić information content (AvgIpc) is 2.83. The first-order chi connectivity index (χ1) is 16.9. The van der Waals surface area contributed by atoms with Crippen molar-refractivity contribution in [3.63, 3.8) is 0 Å². The van der Waals surface area contributed by atoms with Crippen LogP contribution in [0.2, 0.25) is 0 Å². The van der Waals surface area contributed by atoms with Gasteiger partial charge in [-0.15, -0.1) is 0 Å². The standard InChI is InChI=1S/C32H36O2S/c1-22-4-10-28(11-5-22)35(29-12-6-23(2)7-13-29,30-14-8-24(3)9-15-30)34-31(33)32-19-25-16-26(20-32)18-27(17-25)21-32/h4-15,25-27H,16-21H2,1-3H3. The summed E-state index contributed by atoms with van der Waals surface area (Å²) in [5, 5.41) is 0. The van der Waals surface area contributed by atoms with Gasteiger partial charge in [0, 0.05) is 14.7 Å². The van der Waals surface area contributed by atoms with Crippen LogP contribution >= 0.6 is 10.3 Å². The fraction of sp³-hybridized carbons (Fsp3) is 0.406. The quantitative estimate of drug-likeness (QED) is 0.362. The lowest BCUT2D eigenvalue weighted by Crippen LogP contribution is -2.50. The Morgan fingerprint density at radius 3 is 1.26 bits per heavy atom. The number of rotatable bonds is 5. The van der Waals surface area contributed by atoms with Crippen molar-refractivity contribution in [3.8, 4) is 0 Å². The number of hydrogen-bond donors (Lipinski definition) is 0. The molecular formula is C32H36O2S. The normalized spacial score (nSPS) is 27.6. The first-order valence-corrected chi connectivity index (χ1v) is 14.7. The Balaban J connectivity index is 1.52. The number of carbonyl (C=O) groups excluding carboxylic acids is 1. The van der Waals surface area contributed by atoms with Gasteiger partial charge in [-0.25, -0.2) is 0 Å². The maximum absolute atomic E-state index is 14.4. The lowest BCUT2D eigenvalue weighted by atomic mass is 9.49. The number of hydrogen-bond acceptors (Lipinski definition) is 2. The highest BCUT2D eigenvalue weighted by molar-refractivity contribution is 8.30. The molecule has 3 heteroatoms. The molecule has 0 radical (unpaired) electrons. The zero-order valence-electron chi connectivity index (χ0n) is 21.1. The van der Waals surface area contributed by atoms with Crippen LogP contribution in [0.5, 0.6) is 0 Å². The molecule has 0 heterocycles. The van der Waals surface area contributed by atoms with Crippen LogP contribution in [0.1, 0.15) is 55.2 Å². The fourth-order valence-corrected chi connectivity index (χ4v) is 10.4. The van der Waals surface area contributed by atoms with Crippen LogP contribution in [0, 0.1) is 43.9 Å². The fourth-order valence-electron chi connectivity index (χ4n) is 7.30. The van der Waals surface area contributed by atoms with E-state index in [4.69, 9.17) is 4.18 Å². The molecule has 4 fully saturated rings. The SMILES string of the molecule is Cc1ccc(S(OC(=O)C23CC4CC(CC(C4)C2)C3)(c2ccc(C)cc2)c2ccc(C)cc2)cc1. The Labute approximate surface area is 211 Å². The third-order valence-corrected chi connectivity index (χ3v) is 11.9. The average molecular weight is 485 g/mol. The summed E-state index contributed by atoms with van der Waals surface area (Å²) < 4.78 is 7.05. The lowest BCUT2D eigenvalue weighted by Gasteiger charge is -2.56. The molecule has 0 spiro atoms. The predicted molar refractivity (Wildman–Crippen MR) is 143 cm³/mol. The van der Waals surface area contributed by atoms with Crippen LogP contribution in [0.15, 0.2) is 87.5 Å². The summed E-state index contributed by atoms with van der Waals surface area (Å²) in [6.45, 7) is 6.33. The number of aryl methyl sites for hydroxylation is 3. The van der Waals surface area contributed by atoms with Gasteiger partial charge in [-0.2, -0.15) is 0 Å². The molecule has 2 nitrogen and oxygen atoms in total. The summed E-state index contributed by atoms with van der Waals surface area (Å²) in [5.41, 5.74) is 3.33. The molecule has 7 rings (SSSR count). The largest absolute Gasteiger partial charge is 0.402 e. The van der Waals surface area contributed by atoms with E-state index in [1.807, 2.05) is 0 Å². The van der Waals surface area contributed by atoms with E-state index in [1.165, 1.54) is 36.0 Å². The molecule has 0 unspecified atom stereocenters. The van der Waals surface area contributed by atoms with Crippen LogP contribution in [0.3, 0.4) is 0 Å². The molecule has 0 aliphatic heterocycles. The van der Waals surface area contributed by atoms with Crippen molar-refractivity contribution in [3.05, 3.63) is 89.5 Å². The minimum Gasteiger partial charge on any atom is -0.402 e. The zero-order valence-corrected chi connectivity index (χ0v) is 21.9. The summed E-state index contributed by atoms with van der Waals surface area (Å²) in [6, 6.07) is 26.0. The minimum atomic E-state index is -2.23. The third kappa shape index (κ3) is 3.93. The Kier molecular flexibility index (Phi) is 5.60. The lowest BCUT2D eigenvalue weighted by molar-refractivity contribution is -0.160. The van der Waals surface area contributed by atoms with Crippen LogP contribution in [0.4, 0.5) is 0 Å². The van der Waals surface area contributed by atoms with Gasteiger partial charge in [-0.3, -0.25) is 4.79 Å². The van der Waals surface area contributed by atoms with Crippen molar-refractivity contribution >= 4 is 16.3 Å². The molecule has 4 bridgehead atoms. The van der Waals surface area contributed by atoms with Crippen LogP contribution in [0.25, 0.3) is 0 Å². The molecule has 0 atom stereocenters. The van der Waals surface area contributed by atoms with Crippen molar-refractivity contribution in [1.82, 2.24) is 0 Å². The molecule has 182 valence electrons. The summed E-state index contributed by atoms with van der Waals surface area (Å²) in [5.74, 6) is 2.16. The first-order valence-electron chi connectivity index (χ1n) is 13.1. The Morgan fingerprint density at radius 2 is 0.943 bits per heavy atom. The summed E-state index contributed by atoms with van der Waals surface area (Å²) >= 11 is 0. The van der Waals surface area contributed by atoms with E-state index in [0.717, 1.165) is 33.9 Å². The van der Waals surface area contributed by atoms with Crippen molar-refractivity contribution in [2.75, 3.05) is 0 Å². The third-order valence-electron chi connectivity index (χ3n) is 8.73. The van der Waals surface area contributed by atoms with Gasteiger partial charge in [0.05, 0.1) is 5.41 Å². The highest BCUT2D eigenvalue weighted by Crippen LogP contribution is 2.71. The van der Waals surface area contributed by atoms with Crippen molar-refractivity contribution in [1.29, 1.82) is 0 Å². The second kappa shape index (κ2) is 8.55. The Hall–Kier alpha value is -2.52. The second-order valence-corrected chi connectivity index (χ2v) is 14.3. The maximum Gasteiger partial charge on any atom is 0.323 e. The van der Waals surface area contributed by atoms with Gasteiger partial charge in [-0.1, -0.05) is 53.1 Å². The van der Waals surface area contributed by atoms with Crippen molar-refractivity contribution in [2.24, 2.45) is 23.2 Å². The summed E-state index contributed by atoms with van der Waals surface area (Å²) in [6.07, 6.45) is 7.00. The molecule has 0 saturated heterocycles. The monoisotopic (exact) mass is 484 g/mol. The van der Waals surface area contributed by atoms with E-state index < -0.39 is 10.3 Å². The highest BCUT2D eigenvalue weighted by Gasteiger charge is 2.57. The first kappa shape index (κ1) is 22.9. The summed E-state index contributed by atoms with van der Waals surface area (Å²) in [4.78, 5) is 17.7. The zero-order chi connectivity index (χ0) is 24.2. The van der Waals surface area contributed by atoms with Gasteiger partial charge in [0.2, 0.25) is 0 Å². The maximum atomic E-state index is 14.4. The molecule has 3 aromatic carbocycles. The molecule has 3 aromatic rings. The van der Waals surface area contributed by atoms with Gasteiger partial charge < -0.3 is 4.18 Å². The number of benzene rings is 3. The topological polar surface area (TPSA) is 26.3 Å². The van der Waals surface area contributed by atoms with E-state index in [2.05, 4.69) is 93.6 Å². The van der Waals surface area contributed by atoms with Gasteiger partial charge in [0.25, 0.3) is 0 Å². The van der Waals surface area contributed by atoms with Gasteiger partial charge in [0.15, 0.2) is 0 Å². The minimum absolute atomic E-state index is 0.0494. The highest BCUT2D eigenvalue weighted by atomic mass is 32.3. The van der Waals surface area contributed by atoms with Gasteiger partial charge >= 0.3 is 5.97 Å². The van der Waals surface area contributed by atoms with Gasteiger partial charge in [0.1, 0.15) is 0 Å². The van der Waals surface area contributed by atoms with Crippen molar-refractivity contribution < 1.29 is 8.98 Å². The molecule has 0 amide bonds. The Bertz CT molecular complexity index is 1080. The van der Waals surface area contributed by atoms with E-state index >= 15 is 0 Å². The van der Waals surface area contributed by atoms with Crippen LogP contribution in [-0.4, -0.2) is 5.97 Å². The van der Waals surface area contributed by atoms with E-state index in [1.54, 1.807) is 0 Å². The molecule has 35 heavy (non-hydrogen) atoms. The molecule has 0 aromatic heterocycles. The molecular weight excluding hydrogens is 448 g/mol. The number of carbonyl (C=O) groups is 1. The van der Waals surface area contributed by atoms with Gasteiger partial charge in [-0.05, 0) is 124 Å². The van der Waals surface area contributed by atoms with E-state index in [0.29, 0.717) is 17.8 Å². The molecule has 0 N–H and O–H groups in total. The van der Waals surface area contributed by atoms with Crippen LogP contribution < -0.4 is 0 Å². The predicted octanol–water partition coefficient (Wildman–Crippen LogP) is 8.57. The van der Waals surface area contributed by atoms with Crippen LogP contribution in [-0.2, 0) is 8.98 Å². The Morgan fingerprint density at radius 1 is 0.629 bits per heavy atom. The molecule has 4 saturated carbocycles. The molecule has 4 aliphatic rings.